The van der Waals surface area contributed by atoms with Crippen molar-refractivity contribution >= 4 is 33.5 Å². The molecule has 0 radical (unpaired) electrons. The maximum Gasteiger partial charge on any atom is 0.278 e. The largest absolute Gasteiger partial charge is 0.507 e. The molecule has 0 saturated heterocycles. The van der Waals surface area contributed by atoms with Crippen LogP contribution >= 0.6 is 15.9 Å². The zero-order chi connectivity index (χ0) is 20.1. The van der Waals surface area contributed by atoms with E-state index in [4.69, 9.17) is 0 Å². The number of nitro benzene ring substituents is 1. The number of hydrogen-bond donors (Lipinski definition) is 1. The van der Waals surface area contributed by atoms with Gasteiger partial charge >= 0.3 is 0 Å². The second-order valence-electron chi connectivity index (χ2n) is 8.45. The van der Waals surface area contributed by atoms with Crippen LogP contribution in [0.5, 0.6) is 5.75 Å². The van der Waals surface area contributed by atoms with Crippen LogP contribution in [-0.4, -0.2) is 16.2 Å². The summed E-state index contributed by atoms with van der Waals surface area (Å²) in [7, 11) is 0. The van der Waals surface area contributed by atoms with Crippen LogP contribution in [0.25, 0.3) is 0 Å². The predicted molar refractivity (Wildman–Crippen MR) is 112 cm³/mol. The molecular formula is C21H23BrN2O3. The molecule has 1 aliphatic carbocycles. The minimum Gasteiger partial charge on any atom is -0.507 e. The van der Waals surface area contributed by atoms with Crippen LogP contribution in [0.15, 0.2) is 33.7 Å². The molecule has 0 aromatic heterocycles. The number of phenols is 1. The quantitative estimate of drug-likeness (QED) is 0.364. The van der Waals surface area contributed by atoms with E-state index in [0.29, 0.717) is 16.8 Å². The second-order valence-corrected chi connectivity index (χ2v) is 9.37. The van der Waals surface area contributed by atoms with Crippen molar-refractivity contribution in [2.75, 3.05) is 0 Å². The topological polar surface area (TPSA) is 75.7 Å². The summed E-state index contributed by atoms with van der Waals surface area (Å²) in [6, 6.07) is 7.04. The first-order chi connectivity index (χ1) is 12.4. The molecule has 0 atom stereocenters. The lowest BCUT2D eigenvalue weighted by molar-refractivity contribution is -0.386. The zero-order valence-electron chi connectivity index (χ0n) is 16.1. The molecule has 0 fully saturated rings. The van der Waals surface area contributed by atoms with Gasteiger partial charge in [-0.1, -0.05) is 43.6 Å². The first kappa shape index (κ1) is 19.5. The smallest absolute Gasteiger partial charge is 0.278 e. The number of aliphatic imine (C=N–C) groups is 1. The van der Waals surface area contributed by atoms with Gasteiger partial charge in [0.1, 0.15) is 5.75 Å². The Morgan fingerprint density at radius 3 is 2.52 bits per heavy atom. The monoisotopic (exact) mass is 430 g/mol. The molecule has 6 heteroatoms. The molecule has 1 N–H and O–H groups in total. The number of benzene rings is 2. The summed E-state index contributed by atoms with van der Waals surface area (Å²) in [5.41, 5.74) is 3.19. The Morgan fingerprint density at radius 1 is 1.22 bits per heavy atom. The molecule has 0 aliphatic heterocycles. The van der Waals surface area contributed by atoms with Gasteiger partial charge < -0.3 is 5.11 Å². The fourth-order valence-corrected chi connectivity index (χ4v) is 4.77. The van der Waals surface area contributed by atoms with E-state index < -0.39 is 0 Å². The van der Waals surface area contributed by atoms with Gasteiger partial charge in [-0.15, -0.1) is 0 Å². The van der Waals surface area contributed by atoms with Crippen LogP contribution in [0.3, 0.4) is 0 Å². The first-order valence-corrected chi connectivity index (χ1v) is 9.59. The molecule has 1 aliphatic rings. The minimum absolute atomic E-state index is 0.108. The molecule has 0 bridgehead atoms. The maximum absolute atomic E-state index is 11.9. The summed E-state index contributed by atoms with van der Waals surface area (Å²) < 4.78 is 0.821. The van der Waals surface area contributed by atoms with E-state index in [1.807, 2.05) is 6.07 Å². The van der Waals surface area contributed by atoms with Gasteiger partial charge in [-0.25, -0.2) is 0 Å². The molecule has 2 aromatic carbocycles. The number of nitro groups is 1. The van der Waals surface area contributed by atoms with E-state index in [1.54, 1.807) is 31.3 Å². The summed E-state index contributed by atoms with van der Waals surface area (Å²) in [5, 5.41) is 21.9. The van der Waals surface area contributed by atoms with Crippen molar-refractivity contribution in [3.63, 3.8) is 0 Å². The molecular weight excluding hydrogens is 408 g/mol. The van der Waals surface area contributed by atoms with E-state index in [9.17, 15) is 15.2 Å². The highest BCUT2D eigenvalue weighted by molar-refractivity contribution is 9.10. The average Bonchev–Trinajstić information content (AvgIpc) is 2.72. The standard InChI is InChI=1S/C21H23BrN2O3/c1-12-16(23-10-13-8-14(22)6-7-17(13)25)9-15-18(19(12)24(26)27)21(4,5)11-20(15,2)3/h6-10,25H,11H2,1-5H3. The van der Waals surface area contributed by atoms with E-state index in [0.717, 1.165) is 22.0 Å². The summed E-state index contributed by atoms with van der Waals surface area (Å²) in [6.45, 7) is 10.1. The summed E-state index contributed by atoms with van der Waals surface area (Å²) in [6.07, 6.45) is 2.39. The highest BCUT2D eigenvalue weighted by Gasteiger charge is 2.47. The molecule has 0 spiro atoms. The molecule has 5 nitrogen and oxygen atoms in total. The molecule has 0 saturated carbocycles. The van der Waals surface area contributed by atoms with E-state index in [2.05, 4.69) is 48.6 Å². The van der Waals surface area contributed by atoms with Crippen LogP contribution in [0.2, 0.25) is 0 Å². The fraction of sp³-hybridized carbons (Fsp3) is 0.381. The number of fused-ring (bicyclic) bond motifs is 1. The summed E-state index contributed by atoms with van der Waals surface area (Å²) in [4.78, 5) is 16.1. The van der Waals surface area contributed by atoms with Crippen molar-refractivity contribution in [3.8, 4) is 5.75 Å². The zero-order valence-corrected chi connectivity index (χ0v) is 17.7. The third-order valence-electron chi connectivity index (χ3n) is 5.33. The molecule has 0 heterocycles. The molecule has 142 valence electrons. The van der Waals surface area contributed by atoms with Gasteiger partial charge in [0.05, 0.1) is 16.2 Å². The molecule has 0 unspecified atom stereocenters. The van der Waals surface area contributed by atoms with Gasteiger partial charge in [-0.3, -0.25) is 15.1 Å². The molecule has 2 aromatic rings. The Kier molecular flexibility index (Phi) is 4.67. The third-order valence-corrected chi connectivity index (χ3v) is 5.82. The van der Waals surface area contributed by atoms with Crippen LogP contribution in [-0.2, 0) is 10.8 Å². The average molecular weight is 431 g/mol. The van der Waals surface area contributed by atoms with Crippen molar-refractivity contribution in [1.82, 2.24) is 0 Å². The second kappa shape index (κ2) is 6.44. The minimum atomic E-state index is -0.285. The van der Waals surface area contributed by atoms with Gasteiger partial charge in [-0.05, 0) is 54.0 Å². The van der Waals surface area contributed by atoms with Crippen molar-refractivity contribution in [1.29, 1.82) is 0 Å². The van der Waals surface area contributed by atoms with Gasteiger partial charge in [0, 0.05) is 21.8 Å². The fourth-order valence-electron chi connectivity index (χ4n) is 4.39. The van der Waals surface area contributed by atoms with Crippen molar-refractivity contribution in [2.24, 2.45) is 4.99 Å². The van der Waals surface area contributed by atoms with E-state index in [1.165, 1.54) is 0 Å². The van der Waals surface area contributed by atoms with Crippen molar-refractivity contribution in [3.05, 3.63) is 61.1 Å². The highest BCUT2D eigenvalue weighted by Crippen LogP contribution is 2.55. The Labute approximate surface area is 167 Å². The number of nitrogens with zero attached hydrogens (tertiary/aromatic N) is 2. The van der Waals surface area contributed by atoms with Crippen molar-refractivity contribution < 1.29 is 10.0 Å². The number of aromatic hydroxyl groups is 1. The van der Waals surface area contributed by atoms with Gasteiger partial charge in [-0.2, -0.15) is 0 Å². The third kappa shape index (κ3) is 3.38. The first-order valence-electron chi connectivity index (χ1n) is 8.79. The summed E-state index contributed by atoms with van der Waals surface area (Å²) in [5.74, 6) is 0.108. The Bertz CT molecular complexity index is 978. The molecule has 27 heavy (non-hydrogen) atoms. The molecule has 0 amide bonds. The lowest BCUT2D eigenvalue weighted by atomic mass is 9.81. The van der Waals surface area contributed by atoms with Gasteiger partial charge in [0.15, 0.2) is 0 Å². The lowest BCUT2D eigenvalue weighted by Gasteiger charge is -2.22. The van der Waals surface area contributed by atoms with E-state index in [-0.39, 0.29) is 27.2 Å². The Balaban J connectivity index is 2.22. The van der Waals surface area contributed by atoms with Crippen LogP contribution < -0.4 is 0 Å². The van der Waals surface area contributed by atoms with Crippen LogP contribution in [0, 0.1) is 17.0 Å². The normalized spacial score (nSPS) is 17.3. The number of halogens is 1. The Morgan fingerprint density at radius 2 is 1.89 bits per heavy atom. The van der Waals surface area contributed by atoms with Gasteiger partial charge in [0.25, 0.3) is 5.69 Å². The van der Waals surface area contributed by atoms with Crippen LogP contribution in [0.1, 0.15) is 56.4 Å². The lowest BCUT2D eigenvalue weighted by Crippen LogP contribution is -2.18. The van der Waals surface area contributed by atoms with Crippen LogP contribution in [0.4, 0.5) is 11.4 Å². The summed E-state index contributed by atoms with van der Waals surface area (Å²) >= 11 is 3.37. The van der Waals surface area contributed by atoms with Crippen molar-refractivity contribution in [2.45, 2.75) is 51.9 Å². The number of hydrogen-bond acceptors (Lipinski definition) is 4. The maximum atomic E-state index is 11.9. The SMILES string of the molecule is Cc1c(N=Cc2cc(Br)ccc2O)cc2c(c1[N+](=O)[O-])C(C)(C)CC2(C)C. The predicted octanol–water partition coefficient (Wildman–Crippen LogP) is 6.08. The number of rotatable bonds is 3. The highest BCUT2D eigenvalue weighted by atomic mass is 79.9. The number of phenolic OH excluding ortho intramolecular Hbond substituents is 1. The molecule has 3 rings (SSSR count). The Hall–Kier alpha value is -2.21. The van der Waals surface area contributed by atoms with Gasteiger partial charge in [0.2, 0.25) is 0 Å². The van der Waals surface area contributed by atoms with E-state index >= 15 is 0 Å².